The van der Waals surface area contributed by atoms with E-state index >= 15 is 0 Å². The summed E-state index contributed by atoms with van der Waals surface area (Å²) in [5.74, 6) is 0. The Labute approximate surface area is 105 Å². The predicted molar refractivity (Wildman–Crippen MR) is 70.1 cm³/mol. The molecule has 2 heterocycles. The molecule has 1 N–H and O–H groups in total. The fourth-order valence-corrected chi connectivity index (χ4v) is 2.29. The molecule has 18 heavy (non-hydrogen) atoms. The molecular formula is C14H16N2O2. The van der Waals surface area contributed by atoms with Crippen molar-refractivity contribution in [1.82, 2.24) is 9.55 Å². The Kier molecular flexibility index (Phi) is 3.19. The van der Waals surface area contributed by atoms with Crippen LogP contribution >= 0.6 is 0 Å². The van der Waals surface area contributed by atoms with Gasteiger partial charge in [-0.25, -0.2) is 0 Å². The standard InChI is InChI=1S/C14H16N2O2/c1-9-12(10(2)16(3)13(9)8-17)6-11-4-5-15-14(18)7-11/h4-5,7-8H,6H2,1-3H3,(H,15,18). The Morgan fingerprint density at radius 2 is 2.11 bits per heavy atom. The Bertz CT molecular complexity index is 650. The third kappa shape index (κ3) is 2.01. The number of H-pyrrole nitrogens is 1. The van der Waals surface area contributed by atoms with Crippen LogP contribution in [0.15, 0.2) is 23.1 Å². The molecule has 0 radical (unpaired) electrons. The van der Waals surface area contributed by atoms with Crippen LogP contribution in [0.25, 0.3) is 0 Å². The summed E-state index contributed by atoms with van der Waals surface area (Å²) in [4.78, 5) is 24.9. The summed E-state index contributed by atoms with van der Waals surface area (Å²) in [6.07, 6.45) is 3.19. The Morgan fingerprint density at radius 1 is 1.39 bits per heavy atom. The molecule has 0 aliphatic carbocycles. The van der Waals surface area contributed by atoms with Crippen LogP contribution in [0.2, 0.25) is 0 Å². The molecule has 0 bridgehead atoms. The van der Waals surface area contributed by atoms with Gasteiger partial charge in [0.2, 0.25) is 5.56 Å². The second-order valence-electron chi connectivity index (χ2n) is 4.49. The van der Waals surface area contributed by atoms with Gasteiger partial charge in [-0.1, -0.05) is 0 Å². The first-order valence-electron chi connectivity index (χ1n) is 5.82. The number of pyridine rings is 1. The van der Waals surface area contributed by atoms with Crippen molar-refractivity contribution in [2.45, 2.75) is 20.3 Å². The molecule has 0 unspecified atom stereocenters. The summed E-state index contributed by atoms with van der Waals surface area (Å²) in [5.41, 5.74) is 4.72. The van der Waals surface area contributed by atoms with Gasteiger partial charge in [-0.2, -0.15) is 0 Å². The number of carbonyl (C=O) groups is 1. The van der Waals surface area contributed by atoms with Crippen molar-refractivity contribution < 1.29 is 4.79 Å². The molecular weight excluding hydrogens is 228 g/mol. The average Bonchev–Trinajstić information content (AvgIpc) is 2.53. The topological polar surface area (TPSA) is 54.9 Å². The second kappa shape index (κ2) is 4.64. The van der Waals surface area contributed by atoms with E-state index in [0.29, 0.717) is 12.1 Å². The Balaban J connectivity index is 2.47. The maximum atomic E-state index is 11.3. The number of hydrogen-bond donors (Lipinski definition) is 1. The highest BCUT2D eigenvalue weighted by molar-refractivity contribution is 5.76. The summed E-state index contributed by atoms with van der Waals surface area (Å²) in [6, 6.07) is 3.47. The number of nitrogens with one attached hydrogen (secondary N) is 1. The summed E-state index contributed by atoms with van der Waals surface area (Å²) in [6.45, 7) is 3.93. The minimum absolute atomic E-state index is 0.102. The lowest BCUT2D eigenvalue weighted by Crippen LogP contribution is -2.05. The van der Waals surface area contributed by atoms with E-state index in [-0.39, 0.29) is 5.56 Å². The van der Waals surface area contributed by atoms with Crippen LogP contribution in [0.4, 0.5) is 0 Å². The monoisotopic (exact) mass is 244 g/mol. The molecule has 0 saturated carbocycles. The quantitative estimate of drug-likeness (QED) is 0.836. The molecule has 0 atom stereocenters. The molecule has 0 aromatic carbocycles. The third-order valence-corrected chi connectivity index (χ3v) is 3.47. The zero-order chi connectivity index (χ0) is 13.3. The molecule has 0 saturated heterocycles. The molecule has 2 aromatic rings. The lowest BCUT2D eigenvalue weighted by molar-refractivity contribution is 0.111. The van der Waals surface area contributed by atoms with E-state index in [9.17, 15) is 9.59 Å². The number of carbonyl (C=O) groups excluding carboxylic acids is 1. The van der Waals surface area contributed by atoms with Crippen molar-refractivity contribution in [2.24, 2.45) is 7.05 Å². The zero-order valence-electron chi connectivity index (χ0n) is 10.8. The van der Waals surface area contributed by atoms with Crippen molar-refractivity contribution in [2.75, 3.05) is 0 Å². The van der Waals surface area contributed by atoms with E-state index in [2.05, 4.69) is 4.98 Å². The maximum absolute atomic E-state index is 11.3. The van der Waals surface area contributed by atoms with Gasteiger partial charge in [-0.05, 0) is 43.0 Å². The first kappa shape index (κ1) is 12.4. The lowest BCUT2D eigenvalue weighted by atomic mass is 10.0. The first-order chi connectivity index (χ1) is 8.54. The molecule has 4 nitrogen and oxygen atoms in total. The molecule has 0 spiro atoms. The number of hydrogen-bond acceptors (Lipinski definition) is 2. The SMILES string of the molecule is Cc1c(Cc2cc[nH]c(=O)c2)c(C)n(C)c1C=O. The van der Waals surface area contributed by atoms with Crippen molar-refractivity contribution in [3.8, 4) is 0 Å². The molecule has 0 aliphatic heterocycles. The van der Waals surface area contributed by atoms with Crippen LogP contribution in [-0.4, -0.2) is 15.8 Å². The van der Waals surface area contributed by atoms with Gasteiger partial charge >= 0.3 is 0 Å². The van der Waals surface area contributed by atoms with Gasteiger partial charge in [-0.15, -0.1) is 0 Å². The van der Waals surface area contributed by atoms with Crippen LogP contribution in [0, 0.1) is 13.8 Å². The van der Waals surface area contributed by atoms with Gasteiger partial charge in [0.05, 0.1) is 5.69 Å². The van der Waals surface area contributed by atoms with E-state index < -0.39 is 0 Å². The fraction of sp³-hybridized carbons (Fsp3) is 0.286. The summed E-state index contributed by atoms with van der Waals surface area (Å²) < 4.78 is 1.89. The number of rotatable bonds is 3. The minimum atomic E-state index is -0.102. The zero-order valence-corrected chi connectivity index (χ0v) is 10.8. The maximum Gasteiger partial charge on any atom is 0.248 e. The summed E-state index contributed by atoms with van der Waals surface area (Å²) in [5, 5.41) is 0. The summed E-state index contributed by atoms with van der Waals surface area (Å²) >= 11 is 0. The van der Waals surface area contributed by atoms with Crippen LogP contribution in [0.5, 0.6) is 0 Å². The lowest BCUT2D eigenvalue weighted by Gasteiger charge is -2.03. The minimum Gasteiger partial charge on any atom is -0.345 e. The highest BCUT2D eigenvalue weighted by Gasteiger charge is 2.14. The Morgan fingerprint density at radius 3 is 2.67 bits per heavy atom. The largest absolute Gasteiger partial charge is 0.345 e. The highest BCUT2D eigenvalue weighted by atomic mass is 16.1. The molecule has 0 amide bonds. The number of aromatic amines is 1. The molecule has 2 aromatic heterocycles. The van der Waals surface area contributed by atoms with E-state index in [0.717, 1.165) is 28.7 Å². The van der Waals surface area contributed by atoms with Gasteiger partial charge in [-0.3, -0.25) is 9.59 Å². The number of aldehydes is 1. The molecule has 2 rings (SSSR count). The Hall–Kier alpha value is -2.10. The van der Waals surface area contributed by atoms with Gasteiger partial charge in [0.25, 0.3) is 0 Å². The average molecular weight is 244 g/mol. The summed E-state index contributed by atoms with van der Waals surface area (Å²) in [7, 11) is 1.88. The van der Waals surface area contributed by atoms with Crippen molar-refractivity contribution in [1.29, 1.82) is 0 Å². The van der Waals surface area contributed by atoms with Gasteiger partial charge in [0.15, 0.2) is 6.29 Å². The van der Waals surface area contributed by atoms with E-state index in [1.807, 2.05) is 31.5 Å². The van der Waals surface area contributed by atoms with E-state index in [4.69, 9.17) is 0 Å². The van der Waals surface area contributed by atoms with E-state index in [1.54, 1.807) is 12.3 Å². The van der Waals surface area contributed by atoms with Gasteiger partial charge in [0, 0.05) is 25.0 Å². The molecule has 0 fully saturated rings. The second-order valence-corrected chi connectivity index (χ2v) is 4.49. The van der Waals surface area contributed by atoms with Crippen molar-refractivity contribution in [3.63, 3.8) is 0 Å². The third-order valence-electron chi connectivity index (χ3n) is 3.47. The number of aromatic nitrogens is 2. The molecule has 0 aliphatic rings. The number of nitrogens with zero attached hydrogens (tertiary/aromatic N) is 1. The van der Waals surface area contributed by atoms with Crippen LogP contribution in [-0.2, 0) is 13.5 Å². The van der Waals surface area contributed by atoms with Crippen molar-refractivity contribution in [3.05, 3.63) is 56.8 Å². The van der Waals surface area contributed by atoms with E-state index in [1.165, 1.54) is 0 Å². The molecule has 4 heteroatoms. The highest BCUT2D eigenvalue weighted by Crippen LogP contribution is 2.22. The van der Waals surface area contributed by atoms with Gasteiger partial charge < -0.3 is 9.55 Å². The normalized spacial score (nSPS) is 10.6. The van der Waals surface area contributed by atoms with Crippen LogP contribution < -0.4 is 5.56 Å². The predicted octanol–water partition coefficient (Wildman–Crippen LogP) is 1.73. The van der Waals surface area contributed by atoms with Crippen LogP contribution in [0.3, 0.4) is 0 Å². The smallest absolute Gasteiger partial charge is 0.248 e. The van der Waals surface area contributed by atoms with Gasteiger partial charge in [0.1, 0.15) is 0 Å². The first-order valence-corrected chi connectivity index (χ1v) is 5.82. The fourth-order valence-electron chi connectivity index (χ4n) is 2.29. The van der Waals surface area contributed by atoms with Crippen LogP contribution in [0.1, 0.15) is 32.9 Å². The van der Waals surface area contributed by atoms with Crippen molar-refractivity contribution >= 4 is 6.29 Å². The molecule has 94 valence electrons.